The smallest absolute Gasteiger partial charge is 0.147 e. The number of nitrogens with zero attached hydrogens (tertiary/aromatic N) is 1. The van der Waals surface area contributed by atoms with Crippen molar-refractivity contribution in [3.8, 4) is 0 Å². The van der Waals surface area contributed by atoms with E-state index in [0.717, 1.165) is 6.54 Å². The van der Waals surface area contributed by atoms with E-state index in [1.54, 1.807) is 12.1 Å². The van der Waals surface area contributed by atoms with E-state index in [4.69, 9.17) is 18.0 Å². The number of piperidine rings is 1. The average Bonchev–Trinajstić information content (AvgIpc) is 2.33. The molecule has 2 nitrogen and oxygen atoms in total. The Morgan fingerprint density at radius 2 is 2.05 bits per heavy atom. The third kappa shape index (κ3) is 2.89. The number of halogens is 1. The largest absolute Gasteiger partial charge is 0.389 e. The zero-order valence-corrected chi connectivity index (χ0v) is 12.5. The second-order valence-corrected chi connectivity index (χ2v) is 6.18. The molecule has 1 aromatic rings. The van der Waals surface area contributed by atoms with Gasteiger partial charge in [0.05, 0.1) is 5.69 Å². The Bertz CT molecular complexity index is 489. The first-order valence-corrected chi connectivity index (χ1v) is 7.17. The minimum atomic E-state index is -0.238. The van der Waals surface area contributed by atoms with Gasteiger partial charge in [0, 0.05) is 18.2 Å². The second kappa shape index (κ2) is 5.45. The van der Waals surface area contributed by atoms with Gasteiger partial charge >= 0.3 is 0 Å². The maximum absolute atomic E-state index is 14.3. The molecule has 2 N–H and O–H groups in total. The van der Waals surface area contributed by atoms with Crippen molar-refractivity contribution in [2.24, 2.45) is 17.6 Å². The van der Waals surface area contributed by atoms with E-state index in [0.29, 0.717) is 29.1 Å². The second-order valence-electron chi connectivity index (χ2n) is 5.74. The van der Waals surface area contributed by atoms with E-state index in [1.165, 1.54) is 12.5 Å². The quantitative estimate of drug-likeness (QED) is 0.843. The van der Waals surface area contributed by atoms with Crippen molar-refractivity contribution in [1.82, 2.24) is 0 Å². The van der Waals surface area contributed by atoms with Gasteiger partial charge in [0.15, 0.2) is 0 Å². The van der Waals surface area contributed by atoms with Crippen molar-refractivity contribution in [1.29, 1.82) is 0 Å². The van der Waals surface area contributed by atoms with Gasteiger partial charge in [0.2, 0.25) is 0 Å². The van der Waals surface area contributed by atoms with Crippen LogP contribution >= 0.6 is 12.2 Å². The highest BCUT2D eigenvalue weighted by Crippen LogP contribution is 2.32. The van der Waals surface area contributed by atoms with Crippen molar-refractivity contribution in [3.63, 3.8) is 0 Å². The number of anilines is 1. The minimum absolute atomic E-state index is 0.235. The lowest BCUT2D eigenvalue weighted by Crippen LogP contribution is -2.46. The van der Waals surface area contributed by atoms with Gasteiger partial charge in [-0.2, -0.15) is 0 Å². The maximum Gasteiger partial charge on any atom is 0.147 e. The van der Waals surface area contributed by atoms with Crippen molar-refractivity contribution < 1.29 is 4.39 Å². The molecular weight excluding hydrogens is 259 g/mol. The summed E-state index contributed by atoms with van der Waals surface area (Å²) in [6.07, 6.45) is 1.20. The summed E-state index contributed by atoms with van der Waals surface area (Å²) in [7, 11) is 0. The van der Waals surface area contributed by atoms with Crippen LogP contribution in [-0.2, 0) is 0 Å². The van der Waals surface area contributed by atoms with Crippen LogP contribution in [0, 0.1) is 17.7 Å². The van der Waals surface area contributed by atoms with Crippen LogP contribution in [0.3, 0.4) is 0 Å². The molecule has 0 saturated carbocycles. The molecule has 1 fully saturated rings. The fourth-order valence-electron chi connectivity index (χ4n) is 2.93. The molecule has 4 heteroatoms. The summed E-state index contributed by atoms with van der Waals surface area (Å²) in [6, 6.07) is 5.39. The molecule has 1 saturated heterocycles. The Morgan fingerprint density at radius 3 is 2.63 bits per heavy atom. The molecule has 1 aliphatic rings. The normalized spacial score (nSPS) is 27.4. The molecule has 1 aromatic carbocycles. The molecule has 0 radical (unpaired) electrons. The lowest BCUT2D eigenvalue weighted by atomic mass is 9.85. The van der Waals surface area contributed by atoms with Gasteiger partial charge in [-0.25, -0.2) is 4.39 Å². The Hall–Kier alpha value is -1.16. The molecule has 3 unspecified atom stereocenters. The first kappa shape index (κ1) is 14.3. The van der Waals surface area contributed by atoms with E-state index in [2.05, 4.69) is 25.7 Å². The Morgan fingerprint density at radius 1 is 1.37 bits per heavy atom. The molecule has 0 amide bonds. The first-order valence-electron chi connectivity index (χ1n) is 6.76. The van der Waals surface area contributed by atoms with Gasteiger partial charge in [-0.05, 0) is 43.4 Å². The number of thiocarbonyl (C=S) groups is 1. The highest BCUT2D eigenvalue weighted by molar-refractivity contribution is 7.80. The van der Waals surface area contributed by atoms with Crippen LogP contribution in [0.25, 0.3) is 0 Å². The van der Waals surface area contributed by atoms with Crippen LogP contribution in [0.1, 0.15) is 32.8 Å². The van der Waals surface area contributed by atoms with Crippen molar-refractivity contribution in [3.05, 3.63) is 29.6 Å². The van der Waals surface area contributed by atoms with Gasteiger partial charge in [-0.3, -0.25) is 0 Å². The molecule has 1 aliphatic heterocycles. The minimum Gasteiger partial charge on any atom is -0.389 e. The summed E-state index contributed by atoms with van der Waals surface area (Å²) in [4.78, 5) is 2.40. The van der Waals surface area contributed by atoms with E-state index < -0.39 is 0 Å². The Kier molecular flexibility index (Phi) is 4.09. The van der Waals surface area contributed by atoms with Crippen LogP contribution in [0.5, 0.6) is 0 Å². The lowest BCUT2D eigenvalue weighted by Gasteiger charge is -2.42. The summed E-state index contributed by atoms with van der Waals surface area (Å²) >= 11 is 4.88. The molecule has 2 rings (SSSR count). The van der Waals surface area contributed by atoms with Gasteiger partial charge < -0.3 is 10.6 Å². The summed E-state index contributed by atoms with van der Waals surface area (Å²) in [5, 5.41) is 0. The molecule has 0 bridgehead atoms. The zero-order valence-electron chi connectivity index (χ0n) is 11.7. The van der Waals surface area contributed by atoms with E-state index in [1.807, 2.05) is 0 Å². The monoisotopic (exact) mass is 280 g/mol. The third-order valence-corrected chi connectivity index (χ3v) is 4.37. The van der Waals surface area contributed by atoms with E-state index in [9.17, 15) is 4.39 Å². The van der Waals surface area contributed by atoms with Crippen LogP contribution in [0.15, 0.2) is 18.2 Å². The SMILES string of the molecule is CC1CC(C)C(C)N(c2ccc(C(N)=S)cc2F)C1. The molecule has 104 valence electrons. The molecule has 0 spiro atoms. The third-order valence-electron chi connectivity index (χ3n) is 4.14. The average molecular weight is 280 g/mol. The van der Waals surface area contributed by atoms with Gasteiger partial charge in [0.1, 0.15) is 10.8 Å². The highest BCUT2D eigenvalue weighted by Gasteiger charge is 2.30. The van der Waals surface area contributed by atoms with Gasteiger partial charge in [-0.1, -0.05) is 26.1 Å². The van der Waals surface area contributed by atoms with Crippen LogP contribution in [-0.4, -0.2) is 17.6 Å². The molecule has 0 aromatic heterocycles. The maximum atomic E-state index is 14.3. The number of benzene rings is 1. The van der Waals surface area contributed by atoms with E-state index >= 15 is 0 Å². The fraction of sp³-hybridized carbons (Fsp3) is 0.533. The summed E-state index contributed by atoms with van der Waals surface area (Å²) in [5.41, 5.74) is 6.78. The van der Waals surface area contributed by atoms with E-state index in [-0.39, 0.29) is 10.8 Å². The van der Waals surface area contributed by atoms with Gasteiger partial charge in [0.25, 0.3) is 0 Å². The summed E-state index contributed by atoms with van der Waals surface area (Å²) in [5.74, 6) is 0.915. The Labute approximate surface area is 119 Å². The zero-order chi connectivity index (χ0) is 14.2. The molecule has 19 heavy (non-hydrogen) atoms. The molecule has 3 atom stereocenters. The summed E-state index contributed by atoms with van der Waals surface area (Å²) in [6.45, 7) is 7.51. The van der Waals surface area contributed by atoms with Crippen molar-refractivity contribution in [2.45, 2.75) is 33.2 Å². The number of hydrogen-bond donors (Lipinski definition) is 1. The lowest BCUT2D eigenvalue weighted by molar-refractivity contribution is 0.295. The number of hydrogen-bond acceptors (Lipinski definition) is 2. The van der Waals surface area contributed by atoms with Crippen molar-refractivity contribution in [2.75, 3.05) is 11.4 Å². The topological polar surface area (TPSA) is 29.3 Å². The Balaban J connectivity index is 2.32. The number of nitrogens with two attached hydrogens (primary N) is 1. The van der Waals surface area contributed by atoms with Gasteiger partial charge in [-0.15, -0.1) is 0 Å². The first-order chi connectivity index (χ1) is 8.90. The molecule has 1 heterocycles. The summed E-state index contributed by atoms with van der Waals surface area (Å²) < 4.78 is 14.3. The highest BCUT2D eigenvalue weighted by atomic mass is 32.1. The number of rotatable bonds is 2. The standard InChI is InChI=1S/C15H21FN2S/c1-9-6-10(2)11(3)18(8-9)14-5-4-12(15(17)19)7-13(14)16/h4-5,7,9-11H,6,8H2,1-3H3,(H2,17,19). The molecule has 0 aliphatic carbocycles. The molecular formula is C15H21FN2S. The fourth-order valence-corrected chi connectivity index (χ4v) is 3.05. The van der Waals surface area contributed by atoms with Crippen LogP contribution in [0.4, 0.5) is 10.1 Å². The van der Waals surface area contributed by atoms with Crippen LogP contribution in [0.2, 0.25) is 0 Å². The van der Waals surface area contributed by atoms with Crippen molar-refractivity contribution >= 4 is 22.9 Å². The predicted molar refractivity (Wildman–Crippen MR) is 82.0 cm³/mol. The predicted octanol–water partition coefficient (Wildman–Crippen LogP) is 3.33. The van der Waals surface area contributed by atoms with Crippen LogP contribution < -0.4 is 10.6 Å².